The second-order valence-corrected chi connectivity index (χ2v) is 8.28. The first-order valence-electron chi connectivity index (χ1n) is 8.88. The van der Waals surface area contributed by atoms with Gasteiger partial charge < -0.3 is 4.74 Å². The zero-order valence-corrected chi connectivity index (χ0v) is 16.6. The van der Waals surface area contributed by atoms with E-state index >= 15 is 0 Å². The van der Waals surface area contributed by atoms with Crippen molar-refractivity contribution in [1.82, 2.24) is 8.96 Å². The lowest BCUT2D eigenvalue weighted by molar-refractivity contribution is 0.413. The van der Waals surface area contributed by atoms with Crippen molar-refractivity contribution >= 4 is 10.0 Å². The van der Waals surface area contributed by atoms with E-state index < -0.39 is 21.7 Å². The summed E-state index contributed by atoms with van der Waals surface area (Å²) in [5.74, 6) is -0.836. The van der Waals surface area contributed by atoms with Crippen LogP contribution in [-0.2, 0) is 10.0 Å². The number of rotatable bonds is 5. The summed E-state index contributed by atoms with van der Waals surface area (Å²) in [4.78, 5) is 3.75. The van der Waals surface area contributed by atoms with Crippen LogP contribution < -0.4 is 4.74 Å². The molecular weight excluding hydrogens is 410 g/mol. The zero-order valence-electron chi connectivity index (χ0n) is 15.8. The highest BCUT2D eigenvalue weighted by molar-refractivity contribution is 7.90. The lowest BCUT2D eigenvalue weighted by Crippen LogP contribution is -2.14. The third kappa shape index (κ3) is 3.57. The van der Waals surface area contributed by atoms with Gasteiger partial charge in [0.05, 0.1) is 23.9 Å². The molecule has 8 heteroatoms. The summed E-state index contributed by atoms with van der Waals surface area (Å²) < 4.78 is 61.3. The van der Waals surface area contributed by atoms with Gasteiger partial charge in [-0.1, -0.05) is 12.1 Å². The van der Waals surface area contributed by atoms with Gasteiger partial charge in [0, 0.05) is 23.5 Å². The topological polar surface area (TPSA) is 61.2 Å². The molecule has 0 saturated heterocycles. The van der Waals surface area contributed by atoms with Crippen LogP contribution in [0.15, 0.2) is 84.1 Å². The molecule has 0 aliphatic rings. The number of methoxy groups -OCH3 is 1. The molecule has 0 amide bonds. The Morgan fingerprint density at radius 3 is 2.50 bits per heavy atom. The van der Waals surface area contributed by atoms with Gasteiger partial charge in [-0.05, 0) is 54.1 Å². The van der Waals surface area contributed by atoms with E-state index in [2.05, 4.69) is 4.98 Å². The monoisotopic (exact) mass is 426 g/mol. The molecule has 4 rings (SSSR count). The quantitative estimate of drug-likeness (QED) is 0.463. The molecule has 0 unspecified atom stereocenters. The maximum atomic E-state index is 14.4. The van der Waals surface area contributed by atoms with Crippen LogP contribution in [-0.4, -0.2) is 24.5 Å². The number of hydrogen-bond acceptors (Lipinski definition) is 4. The van der Waals surface area contributed by atoms with E-state index in [1.807, 2.05) is 0 Å². The second kappa shape index (κ2) is 7.72. The Balaban J connectivity index is 1.85. The Morgan fingerprint density at radius 1 is 0.933 bits per heavy atom. The molecule has 2 heterocycles. The number of pyridine rings is 1. The van der Waals surface area contributed by atoms with Crippen LogP contribution in [0.3, 0.4) is 0 Å². The van der Waals surface area contributed by atoms with Crippen molar-refractivity contribution in [1.29, 1.82) is 0 Å². The predicted octanol–water partition coefficient (Wildman–Crippen LogP) is 4.74. The minimum atomic E-state index is -4.20. The maximum Gasteiger partial charge on any atom is 0.268 e. The van der Waals surface area contributed by atoms with Crippen molar-refractivity contribution in [2.24, 2.45) is 0 Å². The van der Waals surface area contributed by atoms with Gasteiger partial charge in [-0.25, -0.2) is 21.2 Å². The van der Waals surface area contributed by atoms with Gasteiger partial charge in [-0.3, -0.25) is 4.98 Å². The fourth-order valence-electron chi connectivity index (χ4n) is 3.13. The summed E-state index contributed by atoms with van der Waals surface area (Å²) in [6, 6.07) is 13.9. The molecular formula is C22H16F2N2O3S. The summed E-state index contributed by atoms with van der Waals surface area (Å²) in [5.41, 5.74) is 1.08. The van der Waals surface area contributed by atoms with E-state index in [4.69, 9.17) is 4.74 Å². The Kier molecular flexibility index (Phi) is 5.09. The van der Waals surface area contributed by atoms with Crippen LogP contribution in [0.4, 0.5) is 8.78 Å². The van der Waals surface area contributed by atoms with Gasteiger partial charge in [0.2, 0.25) is 0 Å². The third-order valence-electron chi connectivity index (χ3n) is 4.57. The summed E-state index contributed by atoms with van der Waals surface area (Å²) in [6.45, 7) is 0. The Labute approximate surface area is 172 Å². The SMILES string of the molecule is COc1cncc(-c2cc(F)cc(S(=O)(=O)n3cccc3-c3ccccc3F)c2)c1. The smallest absolute Gasteiger partial charge is 0.268 e. The van der Waals surface area contributed by atoms with Crippen molar-refractivity contribution < 1.29 is 21.9 Å². The summed E-state index contributed by atoms with van der Waals surface area (Å²) in [6.07, 6.45) is 4.27. The number of nitrogens with zero attached hydrogens (tertiary/aromatic N) is 2. The molecule has 0 fully saturated rings. The van der Waals surface area contributed by atoms with Crippen LogP contribution in [0.1, 0.15) is 0 Å². The first-order chi connectivity index (χ1) is 14.4. The van der Waals surface area contributed by atoms with Gasteiger partial charge in [-0.15, -0.1) is 0 Å². The molecule has 2 aromatic carbocycles. The summed E-state index contributed by atoms with van der Waals surface area (Å²) in [7, 11) is -2.73. The molecule has 0 N–H and O–H groups in total. The normalized spacial score (nSPS) is 11.4. The number of halogens is 2. The average molecular weight is 426 g/mol. The van der Waals surface area contributed by atoms with Crippen LogP contribution >= 0.6 is 0 Å². The highest BCUT2D eigenvalue weighted by Crippen LogP contribution is 2.30. The fraction of sp³-hybridized carbons (Fsp3) is 0.0455. The molecule has 30 heavy (non-hydrogen) atoms. The van der Waals surface area contributed by atoms with Gasteiger partial charge in [0.15, 0.2) is 0 Å². The van der Waals surface area contributed by atoms with E-state index in [9.17, 15) is 17.2 Å². The van der Waals surface area contributed by atoms with Crippen LogP contribution in [0.2, 0.25) is 0 Å². The zero-order chi connectivity index (χ0) is 21.3. The van der Waals surface area contributed by atoms with Crippen molar-refractivity contribution in [2.75, 3.05) is 7.11 Å². The Hall–Kier alpha value is -3.52. The highest BCUT2D eigenvalue weighted by Gasteiger charge is 2.23. The van der Waals surface area contributed by atoms with Crippen molar-refractivity contribution in [3.8, 4) is 28.1 Å². The number of aromatic nitrogens is 2. The number of ether oxygens (including phenoxy) is 1. The van der Waals surface area contributed by atoms with Gasteiger partial charge in [0.1, 0.15) is 17.4 Å². The molecule has 0 spiro atoms. The van der Waals surface area contributed by atoms with Crippen molar-refractivity contribution in [3.05, 3.63) is 90.9 Å². The molecule has 0 aliphatic carbocycles. The average Bonchev–Trinajstić information content (AvgIpc) is 3.24. The van der Waals surface area contributed by atoms with E-state index in [0.29, 0.717) is 16.9 Å². The first-order valence-corrected chi connectivity index (χ1v) is 10.3. The molecule has 5 nitrogen and oxygen atoms in total. The summed E-state index contributed by atoms with van der Waals surface area (Å²) >= 11 is 0. The predicted molar refractivity (Wildman–Crippen MR) is 109 cm³/mol. The lowest BCUT2D eigenvalue weighted by Gasteiger charge is -2.13. The molecule has 2 aromatic heterocycles. The Bertz CT molecular complexity index is 1330. The van der Waals surface area contributed by atoms with E-state index in [0.717, 1.165) is 10.0 Å². The van der Waals surface area contributed by atoms with Crippen molar-refractivity contribution in [3.63, 3.8) is 0 Å². The van der Waals surface area contributed by atoms with Crippen LogP contribution in [0.25, 0.3) is 22.4 Å². The fourth-order valence-corrected chi connectivity index (χ4v) is 4.55. The third-order valence-corrected chi connectivity index (χ3v) is 6.24. The van der Waals surface area contributed by atoms with E-state index in [1.165, 1.54) is 68.2 Å². The first kappa shape index (κ1) is 19.8. The van der Waals surface area contributed by atoms with E-state index in [1.54, 1.807) is 12.1 Å². The molecule has 4 aromatic rings. The minimum absolute atomic E-state index is 0.125. The van der Waals surface area contributed by atoms with Gasteiger partial charge >= 0.3 is 0 Å². The lowest BCUT2D eigenvalue weighted by atomic mass is 10.1. The molecule has 0 radical (unpaired) electrons. The standard InChI is InChI=1S/C22H16F2N2O3S/c1-29-18-10-16(13-25-14-18)15-9-17(23)12-19(11-15)30(27,28)26-8-4-7-22(26)20-5-2-3-6-21(20)24/h2-14H,1H3. The molecule has 0 bridgehead atoms. The van der Waals surface area contributed by atoms with E-state index in [-0.39, 0.29) is 16.2 Å². The highest BCUT2D eigenvalue weighted by atomic mass is 32.2. The maximum absolute atomic E-state index is 14.4. The van der Waals surface area contributed by atoms with Crippen LogP contribution in [0, 0.1) is 11.6 Å². The molecule has 152 valence electrons. The van der Waals surface area contributed by atoms with Crippen LogP contribution in [0.5, 0.6) is 5.75 Å². The molecule has 0 atom stereocenters. The summed E-state index contributed by atoms with van der Waals surface area (Å²) in [5, 5.41) is 0. The number of hydrogen-bond donors (Lipinski definition) is 0. The minimum Gasteiger partial charge on any atom is -0.495 e. The second-order valence-electron chi connectivity index (χ2n) is 6.46. The Morgan fingerprint density at radius 2 is 1.73 bits per heavy atom. The molecule has 0 saturated carbocycles. The van der Waals surface area contributed by atoms with Crippen molar-refractivity contribution in [2.45, 2.75) is 4.90 Å². The molecule has 0 aliphatic heterocycles. The number of benzene rings is 2. The largest absolute Gasteiger partial charge is 0.495 e. The van der Waals surface area contributed by atoms with Gasteiger partial charge in [-0.2, -0.15) is 0 Å². The van der Waals surface area contributed by atoms with Gasteiger partial charge in [0.25, 0.3) is 10.0 Å².